The number of nitriles is 1. The topological polar surface area (TPSA) is 44.9 Å². The minimum absolute atomic E-state index is 0.0934. The van der Waals surface area contributed by atoms with Gasteiger partial charge in [0.1, 0.15) is 0 Å². The summed E-state index contributed by atoms with van der Waals surface area (Å²) in [6.45, 7) is 1.74. The summed E-state index contributed by atoms with van der Waals surface area (Å²) in [7, 11) is 4.11. The number of rotatable bonds is 4. The lowest BCUT2D eigenvalue weighted by molar-refractivity contribution is 0.134. The van der Waals surface area contributed by atoms with Gasteiger partial charge in [-0.1, -0.05) is 12.5 Å². The minimum Gasteiger partial charge on any atom is -0.334 e. The van der Waals surface area contributed by atoms with Crippen LogP contribution in [0.25, 0.3) is 11.0 Å². The molecule has 4 nitrogen and oxygen atoms in total. The molecule has 1 heterocycles. The monoisotopic (exact) mass is 268 g/mol. The van der Waals surface area contributed by atoms with Crippen LogP contribution in [0.3, 0.4) is 0 Å². The number of fused-ring (bicyclic) bond motifs is 1. The van der Waals surface area contributed by atoms with Gasteiger partial charge in [0.2, 0.25) is 0 Å². The van der Waals surface area contributed by atoms with E-state index in [1.54, 1.807) is 0 Å². The molecule has 20 heavy (non-hydrogen) atoms. The first-order chi connectivity index (χ1) is 9.62. The predicted octanol–water partition coefficient (Wildman–Crippen LogP) is 2.70. The van der Waals surface area contributed by atoms with Crippen molar-refractivity contribution in [3.63, 3.8) is 0 Å². The number of aryl methyl sites for hydroxylation is 1. The van der Waals surface area contributed by atoms with Crippen LogP contribution in [0.4, 0.5) is 0 Å². The first kappa shape index (κ1) is 13.1. The summed E-state index contributed by atoms with van der Waals surface area (Å²) in [5.74, 6) is 0. The summed E-state index contributed by atoms with van der Waals surface area (Å²) in [5, 5.41) is 9.31. The second-order valence-electron chi connectivity index (χ2n) is 6.10. The summed E-state index contributed by atoms with van der Waals surface area (Å²) in [4.78, 5) is 6.65. The van der Waals surface area contributed by atoms with E-state index in [9.17, 15) is 5.26 Å². The maximum atomic E-state index is 9.31. The van der Waals surface area contributed by atoms with Crippen molar-refractivity contribution in [3.05, 3.63) is 30.1 Å². The third-order valence-corrected chi connectivity index (χ3v) is 4.36. The molecule has 0 spiro atoms. The number of hydrogen-bond donors (Lipinski definition) is 0. The molecule has 1 aliphatic carbocycles. The third kappa shape index (κ3) is 2.30. The van der Waals surface area contributed by atoms with E-state index in [-0.39, 0.29) is 5.41 Å². The van der Waals surface area contributed by atoms with E-state index in [0.29, 0.717) is 0 Å². The Morgan fingerprint density at radius 3 is 2.90 bits per heavy atom. The van der Waals surface area contributed by atoms with Crippen LogP contribution in [0.1, 0.15) is 24.8 Å². The molecule has 0 amide bonds. The van der Waals surface area contributed by atoms with Crippen LogP contribution in [0.15, 0.2) is 24.5 Å². The highest BCUT2D eigenvalue weighted by molar-refractivity contribution is 5.75. The lowest BCUT2D eigenvalue weighted by Gasteiger charge is -2.38. The van der Waals surface area contributed by atoms with Gasteiger partial charge in [-0.25, -0.2) is 4.98 Å². The van der Waals surface area contributed by atoms with Crippen molar-refractivity contribution in [2.24, 2.45) is 12.5 Å². The molecule has 0 aliphatic heterocycles. The van der Waals surface area contributed by atoms with E-state index >= 15 is 0 Å². The third-order valence-electron chi connectivity index (χ3n) is 4.36. The molecule has 1 aliphatic rings. The standard InChI is InChI=1S/C16H20N4/c1-19(11-16(10-17)6-3-7-16)9-13-4-5-15-14(8-13)18-12-20(15)2/h4-5,8,12H,3,6-7,9,11H2,1-2H3. The van der Waals surface area contributed by atoms with Gasteiger partial charge in [-0.15, -0.1) is 0 Å². The van der Waals surface area contributed by atoms with Gasteiger partial charge in [-0.2, -0.15) is 5.26 Å². The van der Waals surface area contributed by atoms with E-state index in [0.717, 1.165) is 37.0 Å². The van der Waals surface area contributed by atoms with Crippen LogP contribution in [-0.2, 0) is 13.6 Å². The molecule has 2 aromatic rings. The SMILES string of the molecule is CN(Cc1ccc2c(c1)ncn2C)CC1(C#N)CCC1. The van der Waals surface area contributed by atoms with Crippen molar-refractivity contribution in [1.82, 2.24) is 14.5 Å². The molecular formula is C16H20N4. The molecule has 0 saturated heterocycles. The summed E-state index contributed by atoms with van der Waals surface area (Å²) < 4.78 is 2.03. The van der Waals surface area contributed by atoms with Crippen molar-refractivity contribution in [1.29, 1.82) is 5.26 Å². The molecule has 0 radical (unpaired) electrons. The van der Waals surface area contributed by atoms with Gasteiger partial charge in [0.05, 0.1) is 28.8 Å². The van der Waals surface area contributed by atoms with Crippen LogP contribution in [0.5, 0.6) is 0 Å². The molecule has 0 unspecified atom stereocenters. The first-order valence-corrected chi connectivity index (χ1v) is 7.12. The van der Waals surface area contributed by atoms with Crippen LogP contribution in [0.2, 0.25) is 0 Å². The maximum Gasteiger partial charge on any atom is 0.0955 e. The largest absolute Gasteiger partial charge is 0.334 e. The molecule has 3 rings (SSSR count). The summed E-state index contributed by atoms with van der Waals surface area (Å²) in [5.41, 5.74) is 3.36. The first-order valence-electron chi connectivity index (χ1n) is 7.12. The highest BCUT2D eigenvalue weighted by atomic mass is 15.1. The summed E-state index contributed by atoms with van der Waals surface area (Å²) in [6.07, 6.45) is 5.14. The van der Waals surface area contributed by atoms with E-state index in [1.807, 2.05) is 17.9 Å². The molecule has 1 fully saturated rings. The fourth-order valence-electron chi connectivity index (χ4n) is 3.07. The molecule has 1 aromatic carbocycles. The van der Waals surface area contributed by atoms with Gasteiger partial charge in [0.15, 0.2) is 0 Å². The van der Waals surface area contributed by atoms with Gasteiger partial charge in [-0.05, 0) is 37.6 Å². The summed E-state index contributed by atoms with van der Waals surface area (Å²) >= 11 is 0. The molecule has 1 saturated carbocycles. The molecule has 0 N–H and O–H groups in total. The normalized spacial score (nSPS) is 17.1. The molecule has 1 aromatic heterocycles. The zero-order valence-corrected chi connectivity index (χ0v) is 12.1. The van der Waals surface area contributed by atoms with E-state index < -0.39 is 0 Å². The van der Waals surface area contributed by atoms with Crippen molar-refractivity contribution in [2.45, 2.75) is 25.8 Å². The Hall–Kier alpha value is -1.86. The second-order valence-corrected chi connectivity index (χ2v) is 6.10. The van der Waals surface area contributed by atoms with Crippen LogP contribution in [-0.4, -0.2) is 28.0 Å². The fraction of sp³-hybridized carbons (Fsp3) is 0.500. The smallest absolute Gasteiger partial charge is 0.0955 e. The van der Waals surface area contributed by atoms with Gasteiger partial charge in [-0.3, -0.25) is 0 Å². The highest BCUT2D eigenvalue weighted by Crippen LogP contribution is 2.40. The van der Waals surface area contributed by atoms with Crippen LogP contribution in [0, 0.1) is 16.7 Å². The van der Waals surface area contributed by atoms with Gasteiger partial charge >= 0.3 is 0 Å². The lowest BCUT2D eigenvalue weighted by atomic mass is 9.69. The number of aromatic nitrogens is 2. The Morgan fingerprint density at radius 2 is 2.25 bits per heavy atom. The van der Waals surface area contributed by atoms with Crippen molar-refractivity contribution < 1.29 is 0 Å². The number of imidazole rings is 1. The second kappa shape index (κ2) is 4.92. The number of benzene rings is 1. The zero-order chi connectivity index (χ0) is 14.2. The van der Waals surface area contributed by atoms with Crippen LogP contribution >= 0.6 is 0 Å². The van der Waals surface area contributed by atoms with Gasteiger partial charge < -0.3 is 9.47 Å². The minimum atomic E-state index is -0.0934. The molecule has 104 valence electrons. The Balaban J connectivity index is 1.71. The van der Waals surface area contributed by atoms with Gasteiger partial charge in [0.25, 0.3) is 0 Å². The van der Waals surface area contributed by atoms with Crippen LogP contribution < -0.4 is 0 Å². The average Bonchev–Trinajstić information content (AvgIpc) is 2.75. The van der Waals surface area contributed by atoms with E-state index in [4.69, 9.17) is 0 Å². The van der Waals surface area contributed by atoms with Crippen molar-refractivity contribution in [2.75, 3.05) is 13.6 Å². The molecular weight excluding hydrogens is 248 g/mol. The van der Waals surface area contributed by atoms with Gasteiger partial charge in [0, 0.05) is 20.1 Å². The predicted molar refractivity (Wildman–Crippen MR) is 78.9 cm³/mol. The van der Waals surface area contributed by atoms with Crippen molar-refractivity contribution >= 4 is 11.0 Å². The van der Waals surface area contributed by atoms with E-state index in [2.05, 4.69) is 41.2 Å². The summed E-state index contributed by atoms with van der Waals surface area (Å²) in [6, 6.07) is 8.92. The Morgan fingerprint density at radius 1 is 1.45 bits per heavy atom. The number of nitrogens with zero attached hydrogens (tertiary/aromatic N) is 4. The zero-order valence-electron chi connectivity index (χ0n) is 12.1. The Kier molecular flexibility index (Phi) is 3.23. The molecule has 0 atom stereocenters. The quantitative estimate of drug-likeness (QED) is 0.856. The average molecular weight is 268 g/mol. The highest BCUT2D eigenvalue weighted by Gasteiger charge is 2.37. The fourth-order valence-corrected chi connectivity index (χ4v) is 3.07. The lowest BCUT2D eigenvalue weighted by Crippen LogP contribution is -2.39. The van der Waals surface area contributed by atoms with Crippen molar-refractivity contribution in [3.8, 4) is 6.07 Å². The Bertz CT molecular complexity index is 661. The van der Waals surface area contributed by atoms with E-state index in [1.165, 1.54) is 12.0 Å². The maximum absolute atomic E-state index is 9.31. The molecule has 4 heteroatoms. The molecule has 0 bridgehead atoms. The Labute approximate surface area is 119 Å². The number of hydrogen-bond acceptors (Lipinski definition) is 3.